The van der Waals surface area contributed by atoms with Gasteiger partial charge in [-0.05, 0) is 36.2 Å². The van der Waals surface area contributed by atoms with Gasteiger partial charge in [-0.15, -0.1) is 0 Å². The largest absolute Gasteiger partial charge is 0.493 e. The van der Waals surface area contributed by atoms with Crippen LogP contribution in [0.15, 0.2) is 48.5 Å². The number of methoxy groups -OCH3 is 2. The Labute approximate surface area is 125 Å². The van der Waals surface area contributed by atoms with E-state index in [2.05, 4.69) is 47.8 Å². The minimum Gasteiger partial charge on any atom is -0.493 e. The molecule has 0 aromatic heterocycles. The molecule has 1 N–H and O–H groups in total. The van der Waals surface area contributed by atoms with Crippen molar-refractivity contribution in [2.24, 2.45) is 0 Å². The fourth-order valence-electron chi connectivity index (χ4n) is 3.16. The van der Waals surface area contributed by atoms with Crippen molar-refractivity contribution < 1.29 is 9.47 Å². The van der Waals surface area contributed by atoms with Gasteiger partial charge in [-0.3, -0.25) is 0 Å². The second-order valence-corrected chi connectivity index (χ2v) is 5.35. The zero-order chi connectivity index (χ0) is 14.7. The van der Waals surface area contributed by atoms with Gasteiger partial charge in [0.25, 0.3) is 0 Å². The van der Waals surface area contributed by atoms with Gasteiger partial charge in [-0.25, -0.2) is 0 Å². The molecule has 1 fully saturated rings. The van der Waals surface area contributed by atoms with E-state index in [1.54, 1.807) is 14.2 Å². The highest BCUT2D eigenvalue weighted by Gasteiger charge is 2.29. The van der Waals surface area contributed by atoms with Gasteiger partial charge in [-0.2, -0.15) is 0 Å². The second-order valence-electron chi connectivity index (χ2n) is 5.35. The van der Waals surface area contributed by atoms with Crippen LogP contribution in [0.5, 0.6) is 11.5 Å². The predicted octanol–water partition coefficient (Wildman–Crippen LogP) is 3.52. The van der Waals surface area contributed by atoms with E-state index in [-0.39, 0.29) is 0 Å². The van der Waals surface area contributed by atoms with Crippen LogP contribution < -0.4 is 14.8 Å². The molecule has 0 radical (unpaired) electrons. The Kier molecular flexibility index (Phi) is 4.11. The molecule has 2 aromatic rings. The lowest BCUT2D eigenvalue weighted by molar-refractivity contribution is 0.354. The molecule has 1 saturated heterocycles. The van der Waals surface area contributed by atoms with Crippen molar-refractivity contribution in [3.8, 4) is 11.5 Å². The molecule has 3 heteroatoms. The first-order valence-electron chi connectivity index (χ1n) is 7.33. The quantitative estimate of drug-likeness (QED) is 0.931. The summed E-state index contributed by atoms with van der Waals surface area (Å²) in [7, 11) is 3.35. The summed E-state index contributed by atoms with van der Waals surface area (Å²) >= 11 is 0. The molecule has 21 heavy (non-hydrogen) atoms. The Hall–Kier alpha value is -2.00. The van der Waals surface area contributed by atoms with Crippen LogP contribution in [0.3, 0.4) is 0 Å². The smallest absolute Gasteiger partial charge is 0.160 e. The average molecular weight is 283 g/mol. The van der Waals surface area contributed by atoms with Crippen molar-refractivity contribution >= 4 is 0 Å². The first kappa shape index (κ1) is 14.0. The van der Waals surface area contributed by atoms with Crippen LogP contribution in [0.25, 0.3) is 0 Å². The van der Waals surface area contributed by atoms with E-state index in [1.807, 2.05) is 6.07 Å². The summed E-state index contributed by atoms with van der Waals surface area (Å²) in [6, 6.07) is 17.2. The van der Waals surface area contributed by atoms with Gasteiger partial charge in [0.05, 0.1) is 14.2 Å². The minimum absolute atomic E-state index is 0.365. The number of hydrogen-bond donors (Lipinski definition) is 1. The van der Waals surface area contributed by atoms with Gasteiger partial charge in [0.1, 0.15) is 0 Å². The lowest BCUT2D eigenvalue weighted by Gasteiger charge is -2.21. The minimum atomic E-state index is 0.365. The summed E-state index contributed by atoms with van der Waals surface area (Å²) in [5.74, 6) is 2.05. The van der Waals surface area contributed by atoms with Crippen molar-refractivity contribution in [2.75, 3.05) is 20.8 Å². The molecule has 110 valence electrons. The number of nitrogens with one attached hydrogen (secondary N) is 1. The molecule has 3 nitrogen and oxygen atoms in total. The normalized spacial score (nSPS) is 21.2. The number of rotatable bonds is 4. The molecular formula is C18H21NO2. The van der Waals surface area contributed by atoms with Gasteiger partial charge < -0.3 is 14.8 Å². The van der Waals surface area contributed by atoms with Crippen LogP contribution in [0, 0.1) is 0 Å². The molecule has 0 aliphatic carbocycles. The number of ether oxygens (including phenoxy) is 2. The molecule has 3 rings (SSSR count). The zero-order valence-corrected chi connectivity index (χ0v) is 12.5. The molecule has 1 aliphatic heterocycles. The fraction of sp³-hybridized carbons (Fsp3) is 0.333. The van der Waals surface area contributed by atoms with E-state index < -0.39 is 0 Å². The Bertz CT molecular complexity index is 597. The predicted molar refractivity (Wildman–Crippen MR) is 84.1 cm³/mol. The zero-order valence-electron chi connectivity index (χ0n) is 12.5. The second kappa shape index (κ2) is 6.19. The Balaban J connectivity index is 1.92. The van der Waals surface area contributed by atoms with E-state index in [1.165, 1.54) is 11.1 Å². The van der Waals surface area contributed by atoms with Crippen molar-refractivity contribution in [1.29, 1.82) is 0 Å². The molecular weight excluding hydrogens is 262 g/mol. The van der Waals surface area contributed by atoms with Crippen LogP contribution in [0.4, 0.5) is 0 Å². The van der Waals surface area contributed by atoms with Crippen molar-refractivity contribution in [3.63, 3.8) is 0 Å². The summed E-state index contributed by atoms with van der Waals surface area (Å²) in [4.78, 5) is 0. The van der Waals surface area contributed by atoms with Gasteiger partial charge in [0.15, 0.2) is 11.5 Å². The molecule has 0 bridgehead atoms. The Morgan fingerprint density at radius 2 is 1.67 bits per heavy atom. The molecule has 0 spiro atoms. The third-order valence-corrected chi connectivity index (χ3v) is 4.22. The lowest BCUT2D eigenvalue weighted by atomic mass is 9.88. The lowest BCUT2D eigenvalue weighted by Crippen LogP contribution is -2.16. The highest BCUT2D eigenvalue weighted by molar-refractivity contribution is 5.45. The fourth-order valence-corrected chi connectivity index (χ4v) is 3.16. The average Bonchev–Trinajstić information content (AvgIpc) is 3.04. The summed E-state index contributed by atoms with van der Waals surface area (Å²) in [5, 5.41) is 3.62. The molecule has 0 saturated carbocycles. The monoisotopic (exact) mass is 283 g/mol. The van der Waals surface area contributed by atoms with Crippen LogP contribution in [0.2, 0.25) is 0 Å². The van der Waals surface area contributed by atoms with E-state index in [0.717, 1.165) is 24.5 Å². The van der Waals surface area contributed by atoms with Gasteiger partial charge in [-0.1, -0.05) is 36.4 Å². The highest BCUT2D eigenvalue weighted by Crippen LogP contribution is 2.40. The molecule has 2 aromatic carbocycles. The third-order valence-electron chi connectivity index (χ3n) is 4.22. The van der Waals surface area contributed by atoms with Gasteiger partial charge >= 0.3 is 0 Å². The first-order valence-corrected chi connectivity index (χ1v) is 7.33. The Morgan fingerprint density at radius 3 is 2.38 bits per heavy atom. The SMILES string of the molecule is COc1ccc(C2CCNC2c2ccccc2)cc1OC. The van der Waals surface area contributed by atoms with Crippen LogP contribution >= 0.6 is 0 Å². The van der Waals surface area contributed by atoms with Crippen molar-refractivity contribution in [2.45, 2.75) is 18.4 Å². The van der Waals surface area contributed by atoms with Crippen molar-refractivity contribution in [3.05, 3.63) is 59.7 Å². The van der Waals surface area contributed by atoms with Crippen LogP contribution in [-0.2, 0) is 0 Å². The molecule has 2 atom stereocenters. The molecule has 1 heterocycles. The Morgan fingerprint density at radius 1 is 0.905 bits per heavy atom. The number of benzene rings is 2. The summed E-state index contributed by atoms with van der Waals surface area (Å²) in [6.45, 7) is 1.04. The van der Waals surface area contributed by atoms with Gasteiger partial charge in [0.2, 0.25) is 0 Å². The summed E-state index contributed by atoms with van der Waals surface area (Å²) < 4.78 is 10.8. The third kappa shape index (κ3) is 2.74. The van der Waals surface area contributed by atoms with Crippen LogP contribution in [-0.4, -0.2) is 20.8 Å². The summed E-state index contributed by atoms with van der Waals surface area (Å²) in [6.07, 6.45) is 1.13. The van der Waals surface area contributed by atoms with Gasteiger partial charge in [0, 0.05) is 12.0 Å². The standard InChI is InChI=1S/C18H21NO2/c1-20-16-9-8-14(12-17(16)21-2)15-10-11-19-18(15)13-6-4-3-5-7-13/h3-9,12,15,18-19H,10-11H2,1-2H3. The van der Waals surface area contributed by atoms with E-state index in [0.29, 0.717) is 12.0 Å². The molecule has 0 amide bonds. The van der Waals surface area contributed by atoms with E-state index in [4.69, 9.17) is 9.47 Å². The molecule has 2 unspecified atom stereocenters. The maximum Gasteiger partial charge on any atom is 0.160 e. The topological polar surface area (TPSA) is 30.5 Å². The summed E-state index contributed by atoms with van der Waals surface area (Å²) in [5.41, 5.74) is 2.64. The van der Waals surface area contributed by atoms with E-state index >= 15 is 0 Å². The maximum absolute atomic E-state index is 5.43. The number of hydrogen-bond acceptors (Lipinski definition) is 3. The van der Waals surface area contributed by atoms with Crippen molar-refractivity contribution in [1.82, 2.24) is 5.32 Å². The first-order chi connectivity index (χ1) is 10.3. The van der Waals surface area contributed by atoms with E-state index in [9.17, 15) is 0 Å². The molecule has 1 aliphatic rings. The maximum atomic E-state index is 5.43. The van der Waals surface area contributed by atoms with Crippen LogP contribution in [0.1, 0.15) is 29.5 Å². The highest BCUT2D eigenvalue weighted by atomic mass is 16.5.